The number of hydrogen-bond donors (Lipinski definition) is 1. The molecule has 0 aliphatic carbocycles. The molecule has 0 bridgehead atoms. The van der Waals surface area contributed by atoms with E-state index in [1.807, 2.05) is 0 Å². The van der Waals surface area contributed by atoms with Crippen LogP contribution in [0.1, 0.15) is 17.3 Å². The van der Waals surface area contributed by atoms with Gasteiger partial charge in [0.05, 0.1) is 0 Å². The zero-order valence-electron chi connectivity index (χ0n) is 8.11. The SMILES string of the molecule is CCN(C(=O)O)C(=O)c1ccc(Cl)cc1. The van der Waals surface area contributed by atoms with Crippen LogP contribution in [0, 0.1) is 0 Å². The van der Waals surface area contributed by atoms with Crippen molar-refractivity contribution in [2.24, 2.45) is 0 Å². The Morgan fingerprint density at radius 3 is 2.27 bits per heavy atom. The highest BCUT2D eigenvalue weighted by Crippen LogP contribution is 2.11. The number of hydrogen-bond acceptors (Lipinski definition) is 2. The highest BCUT2D eigenvalue weighted by atomic mass is 35.5. The Hall–Kier alpha value is -1.55. The number of halogens is 1. The van der Waals surface area contributed by atoms with Crippen LogP contribution in [-0.4, -0.2) is 28.6 Å². The number of carbonyl (C=O) groups is 2. The van der Waals surface area contributed by atoms with E-state index >= 15 is 0 Å². The summed E-state index contributed by atoms with van der Waals surface area (Å²) < 4.78 is 0. The van der Waals surface area contributed by atoms with Gasteiger partial charge in [0, 0.05) is 17.1 Å². The quantitative estimate of drug-likeness (QED) is 0.845. The van der Waals surface area contributed by atoms with Crippen LogP contribution in [0.4, 0.5) is 4.79 Å². The molecule has 0 aliphatic rings. The van der Waals surface area contributed by atoms with E-state index in [4.69, 9.17) is 16.7 Å². The van der Waals surface area contributed by atoms with E-state index in [2.05, 4.69) is 0 Å². The molecular formula is C10H10ClNO3. The Labute approximate surface area is 92.1 Å². The normalized spacial score (nSPS) is 9.73. The molecule has 0 fully saturated rings. The average molecular weight is 228 g/mol. The van der Waals surface area contributed by atoms with E-state index in [-0.39, 0.29) is 6.54 Å². The molecular weight excluding hydrogens is 218 g/mol. The van der Waals surface area contributed by atoms with Gasteiger partial charge in [-0.2, -0.15) is 0 Å². The van der Waals surface area contributed by atoms with Crippen molar-refractivity contribution in [1.29, 1.82) is 0 Å². The lowest BCUT2D eigenvalue weighted by molar-refractivity contribution is 0.0751. The van der Waals surface area contributed by atoms with E-state index in [0.29, 0.717) is 10.6 Å². The standard InChI is InChI=1S/C10H10ClNO3/c1-2-12(10(14)15)9(13)7-3-5-8(11)6-4-7/h3-6H,2H2,1H3,(H,14,15). The van der Waals surface area contributed by atoms with E-state index in [0.717, 1.165) is 4.90 Å². The van der Waals surface area contributed by atoms with Crippen LogP contribution in [0.5, 0.6) is 0 Å². The predicted octanol–water partition coefficient (Wildman–Crippen LogP) is 2.48. The average Bonchev–Trinajstić information content (AvgIpc) is 2.19. The molecule has 15 heavy (non-hydrogen) atoms. The van der Waals surface area contributed by atoms with Crippen LogP contribution in [0.15, 0.2) is 24.3 Å². The highest BCUT2D eigenvalue weighted by Gasteiger charge is 2.19. The molecule has 5 heteroatoms. The van der Waals surface area contributed by atoms with Crippen LogP contribution in [0.2, 0.25) is 5.02 Å². The summed E-state index contributed by atoms with van der Waals surface area (Å²) in [7, 11) is 0. The third kappa shape index (κ3) is 2.70. The number of carboxylic acid groups (broad SMARTS) is 1. The van der Waals surface area contributed by atoms with Gasteiger partial charge in [-0.3, -0.25) is 4.79 Å². The largest absolute Gasteiger partial charge is 0.465 e. The molecule has 0 saturated carbocycles. The van der Waals surface area contributed by atoms with E-state index in [1.54, 1.807) is 19.1 Å². The van der Waals surface area contributed by atoms with E-state index in [1.165, 1.54) is 12.1 Å². The summed E-state index contributed by atoms with van der Waals surface area (Å²) >= 11 is 5.65. The molecule has 0 atom stereocenters. The van der Waals surface area contributed by atoms with Crippen molar-refractivity contribution in [3.05, 3.63) is 34.9 Å². The first-order valence-corrected chi connectivity index (χ1v) is 4.74. The zero-order chi connectivity index (χ0) is 11.4. The summed E-state index contributed by atoms with van der Waals surface area (Å²) in [5.74, 6) is -0.540. The van der Waals surface area contributed by atoms with E-state index in [9.17, 15) is 9.59 Å². The minimum Gasteiger partial charge on any atom is -0.465 e. The van der Waals surface area contributed by atoms with Crippen molar-refractivity contribution < 1.29 is 14.7 Å². The van der Waals surface area contributed by atoms with Crippen LogP contribution >= 0.6 is 11.6 Å². The second kappa shape index (κ2) is 4.79. The van der Waals surface area contributed by atoms with Gasteiger partial charge in [-0.15, -0.1) is 0 Å². The molecule has 0 spiro atoms. The summed E-state index contributed by atoms with van der Waals surface area (Å²) in [4.78, 5) is 23.1. The Morgan fingerprint density at radius 2 is 1.87 bits per heavy atom. The Morgan fingerprint density at radius 1 is 1.33 bits per heavy atom. The fraction of sp³-hybridized carbons (Fsp3) is 0.200. The van der Waals surface area contributed by atoms with Crippen molar-refractivity contribution in [1.82, 2.24) is 4.90 Å². The topological polar surface area (TPSA) is 57.6 Å². The second-order valence-corrected chi connectivity index (χ2v) is 3.28. The summed E-state index contributed by atoms with van der Waals surface area (Å²) in [6.07, 6.45) is -1.25. The molecule has 2 amide bonds. The van der Waals surface area contributed by atoms with Crippen molar-refractivity contribution in [2.45, 2.75) is 6.92 Å². The summed E-state index contributed by atoms with van der Waals surface area (Å²) in [6, 6.07) is 6.08. The molecule has 0 heterocycles. The number of nitrogens with zero attached hydrogens (tertiary/aromatic N) is 1. The van der Waals surface area contributed by atoms with Crippen LogP contribution in [0.25, 0.3) is 0 Å². The monoisotopic (exact) mass is 227 g/mol. The third-order valence-electron chi connectivity index (χ3n) is 1.88. The van der Waals surface area contributed by atoms with Crippen molar-refractivity contribution in [3.8, 4) is 0 Å². The van der Waals surface area contributed by atoms with Gasteiger partial charge in [0.1, 0.15) is 0 Å². The first kappa shape index (κ1) is 11.5. The number of carbonyl (C=O) groups excluding carboxylic acids is 1. The summed E-state index contributed by atoms with van der Waals surface area (Å²) in [5, 5.41) is 9.24. The lowest BCUT2D eigenvalue weighted by Gasteiger charge is -2.14. The molecule has 0 aliphatic heterocycles. The fourth-order valence-corrected chi connectivity index (χ4v) is 1.24. The summed E-state index contributed by atoms with van der Waals surface area (Å²) in [5.41, 5.74) is 0.309. The Bertz CT molecular complexity index is 375. The second-order valence-electron chi connectivity index (χ2n) is 2.84. The maximum Gasteiger partial charge on any atom is 0.414 e. The molecule has 1 aromatic carbocycles. The third-order valence-corrected chi connectivity index (χ3v) is 2.14. The molecule has 1 rings (SSSR count). The maximum atomic E-state index is 11.6. The van der Waals surface area contributed by atoms with Crippen LogP contribution in [0.3, 0.4) is 0 Å². The van der Waals surface area contributed by atoms with Crippen molar-refractivity contribution in [3.63, 3.8) is 0 Å². The molecule has 0 aromatic heterocycles. The lowest BCUT2D eigenvalue weighted by Crippen LogP contribution is -2.35. The Balaban J connectivity index is 2.93. The van der Waals surface area contributed by atoms with Gasteiger partial charge in [0.15, 0.2) is 0 Å². The highest BCUT2D eigenvalue weighted by molar-refractivity contribution is 6.30. The molecule has 1 N–H and O–H groups in total. The van der Waals surface area contributed by atoms with Gasteiger partial charge in [-0.1, -0.05) is 11.6 Å². The maximum absolute atomic E-state index is 11.6. The number of rotatable bonds is 2. The molecule has 80 valence electrons. The molecule has 0 saturated heterocycles. The molecule has 1 aromatic rings. The lowest BCUT2D eigenvalue weighted by atomic mass is 10.2. The smallest absolute Gasteiger partial charge is 0.414 e. The van der Waals surface area contributed by atoms with Gasteiger partial charge in [-0.25, -0.2) is 9.69 Å². The van der Waals surface area contributed by atoms with Gasteiger partial charge < -0.3 is 5.11 Å². The first-order chi connectivity index (χ1) is 7.06. The van der Waals surface area contributed by atoms with E-state index < -0.39 is 12.0 Å². The first-order valence-electron chi connectivity index (χ1n) is 4.36. The minimum absolute atomic E-state index is 0.122. The molecule has 0 unspecified atom stereocenters. The number of imide groups is 1. The summed E-state index contributed by atoms with van der Waals surface area (Å²) in [6.45, 7) is 1.72. The minimum atomic E-state index is -1.25. The molecule has 4 nitrogen and oxygen atoms in total. The Kier molecular flexibility index (Phi) is 3.68. The van der Waals surface area contributed by atoms with Crippen molar-refractivity contribution >= 4 is 23.6 Å². The predicted molar refractivity (Wildman–Crippen MR) is 56.2 cm³/mol. The molecule has 0 radical (unpaired) electrons. The van der Waals surface area contributed by atoms with Crippen LogP contribution in [-0.2, 0) is 0 Å². The fourth-order valence-electron chi connectivity index (χ4n) is 1.11. The number of amides is 2. The van der Waals surface area contributed by atoms with Gasteiger partial charge in [0.25, 0.3) is 5.91 Å². The zero-order valence-corrected chi connectivity index (χ0v) is 8.86. The van der Waals surface area contributed by atoms with Gasteiger partial charge in [-0.05, 0) is 31.2 Å². The van der Waals surface area contributed by atoms with Crippen molar-refractivity contribution in [2.75, 3.05) is 6.54 Å². The van der Waals surface area contributed by atoms with Gasteiger partial charge >= 0.3 is 6.09 Å². The number of benzene rings is 1. The van der Waals surface area contributed by atoms with Gasteiger partial charge in [0.2, 0.25) is 0 Å². The van der Waals surface area contributed by atoms with Crippen LogP contribution < -0.4 is 0 Å².